The summed E-state index contributed by atoms with van der Waals surface area (Å²) in [6.45, 7) is 1.94. The number of esters is 1. The van der Waals surface area contributed by atoms with Gasteiger partial charge >= 0.3 is 5.97 Å². The van der Waals surface area contributed by atoms with Crippen molar-refractivity contribution in [2.45, 2.75) is 90.0 Å². The normalized spacial score (nSPS) is 12.3. The number of aliphatic hydroxyl groups is 1. The number of unbranched alkanes of at least 4 members (excludes halogenated alkanes) is 9. The molecular formula is C20H37NO4. The molecule has 0 radical (unpaired) electrons. The monoisotopic (exact) mass is 355 g/mol. The van der Waals surface area contributed by atoms with Crippen molar-refractivity contribution in [3.8, 4) is 0 Å². The average molecular weight is 356 g/mol. The van der Waals surface area contributed by atoms with Gasteiger partial charge in [-0.05, 0) is 45.4 Å². The summed E-state index contributed by atoms with van der Waals surface area (Å²) in [7, 11) is 1.32. The summed E-state index contributed by atoms with van der Waals surface area (Å²) < 4.78 is 4.57. The average Bonchev–Trinajstić information content (AvgIpc) is 2.61. The van der Waals surface area contributed by atoms with E-state index in [4.69, 9.17) is 5.11 Å². The zero-order valence-electron chi connectivity index (χ0n) is 16.1. The number of hydrogen-bond acceptors (Lipinski definition) is 4. The number of aliphatic hydroxyl groups excluding tert-OH is 1. The molecule has 0 spiro atoms. The first-order chi connectivity index (χ1) is 12.1. The molecule has 0 fully saturated rings. The largest absolute Gasteiger partial charge is 0.467 e. The molecule has 0 saturated heterocycles. The third-order valence-corrected chi connectivity index (χ3v) is 4.15. The molecule has 0 saturated carbocycles. The number of hydrogen-bond donors (Lipinski definition) is 2. The summed E-state index contributed by atoms with van der Waals surface area (Å²) in [5.74, 6) is -0.494. The molecule has 5 nitrogen and oxygen atoms in total. The van der Waals surface area contributed by atoms with Crippen LogP contribution in [0.25, 0.3) is 0 Å². The van der Waals surface area contributed by atoms with Gasteiger partial charge in [-0.1, -0.05) is 44.3 Å². The molecule has 0 heterocycles. The molecule has 2 N–H and O–H groups in total. The van der Waals surface area contributed by atoms with Crippen molar-refractivity contribution >= 4 is 11.9 Å². The van der Waals surface area contributed by atoms with E-state index in [1.807, 2.05) is 0 Å². The van der Waals surface area contributed by atoms with Gasteiger partial charge in [-0.25, -0.2) is 4.79 Å². The minimum Gasteiger partial charge on any atom is -0.467 e. The molecule has 0 aliphatic rings. The van der Waals surface area contributed by atoms with Crippen LogP contribution in [0.4, 0.5) is 0 Å². The molecule has 0 aromatic rings. The van der Waals surface area contributed by atoms with Gasteiger partial charge < -0.3 is 15.2 Å². The zero-order chi connectivity index (χ0) is 18.8. The van der Waals surface area contributed by atoms with Crippen LogP contribution in [-0.4, -0.2) is 36.7 Å². The number of carbonyl (C=O) groups excluding carboxylic acids is 2. The lowest BCUT2D eigenvalue weighted by Gasteiger charge is -2.11. The first-order valence-corrected chi connectivity index (χ1v) is 9.74. The number of rotatable bonds is 16. The van der Waals surface area contributed by atoms with Gasteiger partial charge in [0.1, 0.15) is 6.04 Å². The van der Waals surface area contributed by atoms with Gasteiger partial charge in [0.2, 0.25) is 5.91 Å². The van der Waals surface area contributed by atoms with E-state index >= 15 is 0 Å². The summed E-state index contributed by atoms with van der Waals surface area (Å²) >= 11 is 0. The Hall–Kier alpha value is -1.36. The van der Waals surface area contributed by atoms with Crippen molar-refractivity contribution in [1.29, 1.82) is 0 Å². The fourth-order valence-electron chi connectivity index (χ4n) is 2.59. The molecule has 0 unspecified atom stereocenters. The summed E-state index contributed by atoms with van der Waals surface area (Å²) in [4.78, 5) is 22.8. The van der Waals surface area contributed by atoms with E-state index in [0.29, 0.717) is 13.0 Å². The zero-order valence-corrected chi connectivity index (χ0v) is 16.1. The Balaban J connectivity index is 3.35. The Morgan fingerprint density at radius 3 is 2.00 bits per heavy atom. The van der Waals surface area contributed by atoms with Crippen LogP contribution in [-0.2, 0) is 14.3 Å². The van der Waals surface area contributed by atoms with Crippen LogP contribution in [0.1, 0.15) is 84.0 Å². The number of allylic oxidation sites excluding steroid dienone is 2. The van der Waals surface area contributed by atoms with E-state index in [2.05, 4.69) is 22.2 Å². The van der Waals surface area contributed by atoms with Gasteiger partial charge in [0.05, 0.1) is 7.11 Å². The maximum absolute atomic E-state index is 11.7. The van der Waals surface area contributed by atoms with Crippen LogP contribution < -0.4 is 5.32 Å². The first kappa shape index (κ1) is 23.6. The number of nitrogens with one attached hydrogen (secondary N) is 1. The molecule has 1 atom stereocenters. The van der Waals surface area contributed by atoms with Crippen LogP contribution in [0.5, 0.6) is 0 Å². The number of carbonyl (C=O) groups is 2. The Morgan fingerprint density at radius 1 is 0.920 bits per heavy atom. The molecule has 0 aromatic heterocycles. The minimum absolute atomic E-state index is 0.0835. The lowest BCUT2D eigenvalue weighted by Crippen LogP contribution is -2.38. The SMILES string of the molecule is COC(=O)[C@H](C)NC(=O)CCCCCCC/C=C\CCCCCCO. The number of ether oxygens (including phenoxy) is 1. The molecule has 0 rings (SSSR count). The van der Waals surface area contributed by atoms with Crippen LogP contribution in [0.3, 0.4) is 0 Å². The lowest BCUT2D eigenvalue weighted by atomic mass is 10.1. The fraction of sp³-hybridized carbons (Fsp3) is 0.800. The lowest BCUT2D eigenvalue weighted by molar-refractivity contribution is -0.144. The van der Waals surface area contributed by atoms with Gasteiger partial charge in [-0.3, -0.25) is 4.79 Å². The standard InChI is InChI=1S/C20H37NO4/c1-18(20(24)25-2)21-19(23)16-14-12-10-8-6-4-3-5-7-9-11-13-15-17-22/h3,5,18,22H,4,6-17H2,1-2H3,(H,21,23)/b5-3-/t18-/m0/s1. The molecule has 146 valence electrons. The number of amides is 1. The Labute approximate surface area is 153 Å². The molecule has 0 bridgehead atoms. The van der Waals surface area contributed by atoms with Gasteiger partial charge in [-0.15, -0.1) is 0 Å². The third-order valence-electron chi connectivity index (χ3n) is 4.15. The Bertz CT molecular complexity index is 369. The van der Waals surface area contributed by atoms with Crippen LogP contribution in [0.2, 0.25) is 0 Å². The highest BCUT2D eigenvalue weighted by atomic mass is 16.5. The van der Waals surface area contributed by atoms with Gasteiger partial charge in [0, 0.05) is 13.0 Å². The fourth-order valence-corrected chi connectivity index (χ4v) is 2.59. The second-order valence-electron chi connectivity index (χ2n) is 6.52. The van der Waals surface area contributed by atoms with Crippen molar-refractivity contribution in [3.63, 3.8) is 0 Å². The molecule has 1 amide bonds. The quantitative estimate of drug-likeness (QED) is 0.250. The predicted octanol–water partition coefficient (Wildman–Crippen LogP) is 3.89. The van der Waals surface area contributed by atoms with E-state index in [0.717, 1.165) is 44.9 Å². The highest BCUT2D eigenvalue weighted by molar-refractivity contribution is 5.83. The molecule has 5 heteroatoms. The molecule has 0 aliphatic heterocycles. The van der Waals surface area contributed by atoms with Crippen molar-refractivity contribution in [2.24, 2.45) is 0 Å². The predicted molar refractivity (Wildman–Crippen MR) is 101 cm³/mol. The van der Waals surface area contributed by atoms with Gasteiger partial charge in [0.15, 0.2) is 0 Å². The van der Waals surface area contributed by atoms with Crippen molar-refractivity contribution in [2.75, 3.05) is 13.7 Å². The maximum Gasteiger partial charge on any atom is 0.328 e. The summed E-state index contributed by atoms with van der Waals surface area (Å²) in [5, 5.41) is 11.3. The molecular weight excluding hydrogens is 318 g/mol. The van der Waals surface area contributed by atoms with Crippen molar-refractivity contribution in [1.82, 2.24) is 5.32 Å². The van der Waals surface area contributed by atoms with E-state index in [9.17, 15) is 9.59 Å². The summed E-state index contributed by atoms with van der Waals surface area (Å²) in [6.07, 6.45) is 17.2. The van der Waals surface area contributed by atoms with E-state index < -0.39 is 12.0 Å². The smallest absolute Gasteiger partial charge is 0.328 e. The topological polar surface area (TPSA) is 75.6 Å². The summed E-state index contributed by atoms with van der Waals surface area (Å²) in [6, 6.07) is -0.570. The highest BCUT2D eigenvalue weighted by Crippen LogP contribution is 2.09. The van der Waals surface area contributed by atoms with E-state index in [1.54, 1.807) is 6.92 Å². The number of methoxy groups -OCH3 is 1. The molecule has 25 heavy (non-hydrogen) atoms. The molecule has 0 aliphatic carbocycles. The third kappa shape index (κ3) is 15.9. The van der Waals surface area contributed by atoms with Crippen molar-refractivity contribution < 1.29 is 19.4 Å². The second-order valence-corrected chi connectivity index (χ2v) is 6.52. The van der Waals surface area contributed by atoms with Crippen LogP contribution in [0, 0.1) is 0 Å². The van der Waals surface area contributed by atoms with Crippen LogP contribution >= 0.6 is 0 Å². The minimum atomic E-state index is -0.570. The first-order valence-electron chi connectivity index (χ1n) is 9.74. The van der Waals surface area contributed by atoms with E-state index in [1.165, 1.54) is 32.8 Å². The van der Waals surface area contributed by atoms with Crippen molar-refractivity contribution in [3.05, 3.63) is 12.2 Å². The molecule has 0 aromatic carbocycles. The van der Waals surface area contributed by atoms with Gasteiger partial charge in [-0.2, -0.15) is 0 Å². The Morgan fingerprint density at radius 2 is 1.44 bits per heavy atom. The Kier molecular flexibility index (Phi) is 16.5. The van der Waals surface area contributed by atoms with Crippen LogP contribution in [0.15, 0.2) is 12.2 Å². The van der Waals surface area contributed by atoms with Gasteiger partial charge in [0.25, 0.3) is 0 Å². The summed E-state index contributed by atoms with van der Waals surface area (Å²) in [5.41, 5.74) is 0. The maximum atomic E-state index is 11.7. The highest BCUT2D eigenvalue weighted by Gasteiger charge is 2.14. The van der Waals surface area contributed by atoms with E-state index in [-0.39, 0.29) is 5.91 Å². The second kappa shape index (κ2) is 17.5.